The summed E-state index contributed by atoms with van der Waals surface area (Å²) in [6, 6.07) is 8.26. The number of methoxy groups -OCH3 is 1. The summed E-state index contributed by atoms with van der Waals surface area (Å²) < 4.78 is 5.02. The van der Waals surface area contributed by atoms with Crippen molar-refractivity contribution in [1.82, 2.24) is 20.2 Å². The van der Waals surface area contributed by atoms with E-state index in [1.165, 1.54) is 10.9 Å². The van der Waals surface area contributed by atoms with Crippen molar-refractivity contribution in [2.45, 2.75) is 12.8 Å². The van der Waals surface area contributed by atoms with Gasteiger partial charge in [-0.1, -0.05) is 18.2 Å². The molecule has 2 N–H and O–H groups in total. The first kappa shape index (κ1) is 11.9. The molecule has 0 saturated heterocycles. The van der Waals surface area contributed by atoms with Gasteiger partial charge in [0.25, 0.3) is 0 Å². The van der Waals surface area contributed by atoms with Gasteiger partial charge in [0.2, 0.25) is 0 Å². The molecule has 0 aliphatic rings. The third-order valence-electron chi connectivity index (χ3n) is 3.14. The zero-order chi connectivity index (χ0) is 13.1. The molecule has 2 heterocycles. The van der Waals surface area contributed by atoms with Crippen molar-refractivity contribution >= 4 is 10.9 Å². The van der Waals surface area contributed by atoms with E-state index in [2.05, 4.69) is 32.3 Å². The van der Waals surface area contributed by atoms with Crippen LogP contribution in [0.15, 0.2) is 30.5 Å². The Morgan fingerprint density at radius 3 is 3.05 bits per heavy atom. The van der Waals surface area contributed by atoms with Crippen LogP contribution in [-0.2, 0) is 17.6 Å². The number of rotatable bonds is 5. The fraction of sp³-hybridized carbons (Fsp3) is 0.286. The predicted octanol–water partition coefficient (Wildman–Crippen LogP) is 2.07. The molecule has 1 aromatic carbocycles. The van der Waals surface area contributed by atoms with Crippen LogP contribution in [0.5, 0.6) is 0 Å². The highest BCUT2D eigenvalue weighted by Crippen LogP contribution is 2.19. The fourth-order valence-corrected chi connectivity index (χ4v) is 2.18. The minimum atomic E-state index is 0.643. The summed E-state index contributed by atoms with van der Waals surface area (Å²) >= 11 is 0. The maximum atomic E-state index is 5.02. The molecule has 0 aliphatic heterocycles. The van der Waals surface area contributed by atoms with Gasteiger partial charge in [-0.25, -0.2) is 4.98 Å². The molecule has 0 spiro atoms. The molecule has 2 aromatic heterocycles. The van der Waals surface area contributed by atoms with Crippen molar-refractivity contribution in [2.75, 3.05) is 13.7 Å². The number of hydrogen-bond donors (Lipinski definition) is 2. The van der Waals surface area contributed by atoms with E-state index in [-0.39, 0.29) is 0 Å². The van der Waals surface area contributed by atoms with E-state index in [1.54, 1.807) is 7.11 Å². The van der Waals surface area contributed by atoms with E-state index in [9.17, 15) is 0 Å². The Kier molecular flexibility index (Phi) is 3.29. The number of hydrogen-bond acceptors (Lipinski definition) is 3. The van der Waals surface area contributed by atoms with E-state index in [0.29, 0.717) is 6.61 Å². The molecule has 98 valence electrons. The number of aromatic amines is 2. The van der Waals surface area contributed by atoms with Gasteiger partial charge in [0, 0.05) is 37.1 Å². The van der Waals surface area contributed by atoms with Crippen LogP contribution >= 0.6 is 0 Å². The molecule has 5 heteroatoms. The van der Waals surface area contributed by atoms with E-state index < -0.39 is 0 Å². The number of para-hydroxylation sites is 1. The van der Waals surface area contributed by atoms with E-state index in [0.717, 1.165) is 30.0 Å². The number of aromatic nitrogens is 4. The molecule has 5 nitrogen and oxygen atoms in total. The van der Waals surface area contributed by atoms with Gasteiger partial charge in [0.1, 0.15) is 5.82 Å². The van der Waals surface area contributed by atoms with Crippen LogP contribution in [0.3, 0.4) is 0 Å². The van der Waals surface area contributed by atoms with Gasteiger partial charge in [-0.15, -0.1) is 0 Å². The molecule has 0 saturated carbocycles. The fourth-order valence-electron chi connectivity index (χ4n) is 2.18. The zero-order valence-electron chi connectivity index (χ0n) is 10.8. The molecular weight excluding hydrogens is 240 g/mol. The molecular formula is C14H16N4O. The molecule has 19 heavy (non-hydrogen) atoms. The number of fused-ring (bicyclic) bond motifs is 1. The second-order valence-corrected chi connectivity index (χ2v) is 4.48. The summed E-state index contributed by atoms with van der Waals surface area (Å²) in [6.07, 6.45) is 3.52. The lowest BCUT2D eigenvalue weighted by molar-refractivity contribution is 0.200. The number of benzene rings is 1. The van der Waals surface area contributed by atoms with Crippen LogP contribution < -0.4 is 0 Å². The topological polar surface area (TPSA) is 66.6 Å². The zero-order valence-corrected chi connectivity index (χ0v) is 10.8. The Balaban J connectivity index is 1.79. The summed E-state index contributed by atoms with van der Waals surface area (Å²) in [5, 5.41) is 8.41. The van der Waals surface area contributed by atoms with Crippen molar-refractivity contribution in [2.24, 2.45) is 0 Å². The molecule has 0 atom stereocenters. The second-order valence-electron chi connectivity index (χ2n) is 4.48. The molecule has 0 aliphatic carbocycles. The Morgan fingerprint density at radius 1 is 1.26 bits per heavy atom. The van der Waals surface area contributed by atoms with Gasteiger partial charge >= 0.3 is 0 Å². The quantitative estimate of drug-likeness (QED) is 0.734. The first-order chi connectivity index (χ1) is 9.36. The van der Waals surface area contributed by atoms with Crippen molar-refractivity contribution in [1.29, 1.82) is 0 Å². The Morgan fingerprint density at radius 2 is 2.16 bits per heavy atom. The third-order valence-corrected chi connectivity index (χ3v) is 3.14. The van der Waals surface area contributed by atoms with E-state index >= 15 is 0 Å². The van der Waals surface area contributed by atoms with Gasteiger partial charge in [-0.05, 0) is 11.6 Å². The lowest BCUT2D eigenvalue weighted by Crippen LogP contribution is -1.96. The van der Waals surface area contributed by atoms with Crippen LogP contribution in [0.1, 0.15) is 17.2 Å². The number of H-pyrrole nitrogens is 2. The van der Waals surface area contributed by atoms with E-state index in [1.807, 2.05) is 18.3 Å². The minimum absolute atomic E-state index is 0.643. The maximum absolute atomic E-state index is 5.02. The molecule has 0 radical (unpaired) electrons. The number of ether oxygens (including phenoxy) is 1. The van der Waals surface area contributed by atoms with Crippen molar-refractivity contribution in [3.05, 3.63) is 47.7 Å². The molecule has 0 bridgehead atoms. The molecule has 0 amide bonds. The molecule has 3 aromatic rings. The van der Waals surface area contributed by atoms with Gasteiger partial charge in [-0.3, -0.25) is 5.10 Å². The smallest absolute Gasteiger partial charge is 0.153 e. The van der Waals surface area contributed by atoms with Gasteiger partial charge in [-0.2, -0.15) is 5.10 Å². The predicted molar refractivity (Wildman–Crippen MR) is 73.1 cm³/mol. The first-order valence-corrected chi connectivity index (χ1v) is 6.31. The largest absolute Gasteiger partial charge is 0.384 e. The normalized spacial score (nSPS) is 11.2. The standard InChI is InChI=1S/C14H16N4O/c1-19-7-6-13-16-14(18-17-13)8-10-9-15-12-5-3-2-4-11(10)12/h2-5,9,15H,6-8H2,1H3,(H,16,17,18). The highest BCUT2D eigenvalue weighted by Gasteiger charge is 2.07. The highest BCUT2D eigenvalue weighted by molar-refractivity contribution is 5.83. The van der Waals surface area contributed by atoms with Crippen LogP contribution in [-0.4, -0.2) is 33.9 Å². The SMILES string of the molecule is COCCc1n[nH]c(Cc2c[nH]c3ccccc23)n1. The van der Waals surface area contributed by atoms with Gasteiger partial charge in [0.05, 0.1) is 6.61 Å². The lowest BCUT2D eigenvalue weighted by Gasteiger charge is -1.95. The molecule has 0 fully saturated rings. The molecule has 3 rings (SSSR count). The van der Waals surface area contributed by atoms with Crippen molar-refractivity contribution in [3.63, 3.8) is 0 Å². The molecule has 0 unspecified atom stereocenters. The van der Waals surface area contributed by atoms with Gasteiger partial charge in [0.15, 0.2) is 5.82 Å². The number of nitrogens with zero attached hydrogens (tertiary/aromatic N) is 2. The monoisotopic (exact) mass is 256 g/mol. The van der Waals surface area contributed by atoms with Gasteiger partial charge < -0.3 is 9.72 Å². The minimum Gasteiger partial charge on any atom is -0.384 e. The summed E-state index contributed by atoms with van der Waals surface area (Å²) in [6.45, 7) is 0.643. The van der Waals surface area contributed by atoms with Crippen LogP contribution in [0.4, 0.5) is 0 Å². The highest BCUT2D eigenvalue weighted by atomic mass is 16.5. The van der Waals surface area contributed by atoms with E-state index in [4.69, 9.17) is 4.74 Å². The Hall–Kier alpha value is -2.14. The first-order valence-electron chi connectivity index (χ1n) is 6.31. The van der Waals surface area contributed by atoms with Crippen molar-refractivity contribution < 1.29 is 4.74 Å². The van der Waals surface area contributed by atoms with Crippen LogP contribution in [0.25, 0.3) is 10.9 Å². The van der Waals surface area contributed by atoms with Crippen molar-refractivity contribution in [3.8, 4) is 0 Å². The summed E-state index contributed by atoms with van der Waals surface area (Å²) in [5.74, 6) is 1.69. The summed E-state index contributed by atoms with van der Waals surface area (Å²) in [4.78, 5) is 7.74. The lowest BCUT2D eigenvalue weighted by atomic mass is 10.1. The van der Waals surface area contributed by atoms with Crippen LogP contribution in [0, 0.1) is 0 Å². The third kappa shape index (κ3) is 2.51. The average molecular weight is 256 g/mol. The average Bonchev–Trinajstić information content (AvgIpc) is 3.05. The Labute approximate surface area is 111 Å². The second kappa shape index (κ2) is 5.24. The maximum Gasteiger partial charge on any atom is 0.153 e. The number of nitrogens with one attached hydrogen (secondary N) is 2. The summed E-state index contributed by atoms with van der Waals surface area (Å²) in [7, 11) is 1.68. The van der Waals surface area contributed by atoms with Crippen LogP contribution in [0.2, 0.25) is 0 Å². The Bertz CT molecular complexity index is 671. The summed E-state index contributed by atoms with van der Waals surface area (Å²) in [5.41, 5.74) is 2.38.